The van der Waals surface area contributed by atoms with Crippen molar-refractivity contribution in [2.24, 2.45) is 0 Å². The molecule has 1 atom stereocenters. The molecule has 2 nitrogen and oxygen atoms in total. The van der Waals surface area contributed by atoms with E-state index in [9.17, 15) is 0 Å². The molecule has 0 radical (unpaired) electrons. The van der Waals surface area contributed by atoms with E-state index in [-0.39, 0.29) is 6.29 Å². The third-order valence-electron chi connectivity index (χ3n) is 3.86. The molecule has 0 aromatic heterocycles. The molecule has 0 heterocycles. The number of rotatable bonds is 5. The summed E-state index contributed by atoms with van der Waals surface area (Å²) in [4.78, 5) is 0. The van der Waals surface area contributed by atoms with Gasteiger partial charge in [0.2, 0.25) is 6.29 Å². The van der Waals surface area contributed by atoms with Gasteiger partial charge >= 0.3 is 0 Å². The predicted molar refractivity (Wildman–Crippen MR) is 95.2 cm³/mol. The fraction of sp³-hybridized carbons (Fsp3) is 0.238. The summed E-state index contributed by atoms with van der Waals surface area (Å²) < 4.78 is 11.9. The van der Waals surface area contributed by atoms with E-state index in [0.29, 0.717) is 5.92 Å². The molecule has 0 bridgehead atoms. The lowest BCUT2D eigenvalue weighted by Gasteiger charge is -2.20. The van der Waals surface area contributed by atoms with Crippen molar-refractivity contribution in [2.75, 3.05) is 0 Å². The SMILES string of the molecule is CC(Oc1ccc2ccccc2c1)Oc1ccccc1C(C)C. The zero-order valence-corrected chi connectivity index (χ0v) is 13.8. The maximum absolute atomic E-state index is 6.00. The van der Waals surface area contributed by atoms with Crippen LogP contribution in [0.15, 0.2) is 66.7 Å². The smallest absolute Gasteiger partial charge is 0.238 e. The molecule has 3 rings (SSSR count). The van der Waals surface area contributed by atoms with Crippen molar-refractivity contribution < 1.29 is 9.47 Å². The van der Waals surface area contributed by atoms with Crippen LogP contribution in [-0.4, -0.2) is 6.29 Å². The first kappa shape index (κ1) is 15.4. The summed E-state index contributed by atoms with van der Waals surface area (Å²) in [5.74, 6) is 2.12. The van der Waals surface area contributed by atoms with Crippen LogP contribution in [0.2, 0.25) is 0 Å². The van der Waals surface area contributed by atoms with Crippen LogP contribution < -0.4 is 9.47 Å². The van der Waals surface area contributed by atoms with Gasteiger partial charge in [-0.05, 0) is 40.5 Å². The van der Waals surface area contributed by atoms with Gasteiger partial charge in [0.15, 0.2) is 0 Å². The van der Waals surface area contributed by atoms with Gasteiger partial charge in [0.05, 0.1) is 0 Å². The molecule has 2 heteroatoms. The van der Waals surface area contributed by atoms with Crippen LogP contribution in [0.25, 0.3) is 10.8 Å². The second-order valence-electron chi connectivity index (χ2n) is 6.00. The second-order valence-corrected chi connectivity index (χ2v) is 6.00. The average Bonchev–Trinajstić information content (AvgIpc) is 2.55. The molecule has 0 saturated heterocycles. The Balaban J connectivity index is 1.75. The normalized spacial score (nSPS) is 12.3. The summed E-state index contributed by atoms with van der Waals surface area (Å²) in [6, 6.07) is 22.5. The van der Waals surface area contributed by atoms with E-state index in [1.165, 1.54) is 16.3 Å². The third-order valence-corrected chi connectivity index (χ3v) is 3.86. The second kappa shape index (κ2) is 6.74. The molecule has 3 aromatic carbocycles. The van der Waals surface area contributed by atoms with E-state index in [2.05, 4.69) is 38.1 Å². The van der Waals surface area contributed by atoms with Crippen molar-refractivity contribution >= 4 is 10.8 Å². The van der Waals surface area contributed by atoms with Gasteiger partial charge in [0, 0.05) is 6.92 Å². The number of benzene rings is 3. The van der Waals surface area contributed by atoms with Crippen LogP contribution in [-0.2, 0) is 0 Å². The zero-order chi connectivity index (χ0) is 16.2. The Morgan fingerprint density at radius 2 is 1.39 bits per heavy atom. The maximum Gasteiger partial charge on any atom is 0.238 e. The molecule has 0 fully saturated rings. The minimum atomic E-state index is -0.351. The first-order valence-corrected chi connectivity index (χ1v) is 8.04. The molecule has 23 heavy (non-hydrogen) atoms. The first-order chi connectivity index (χ1) is 11.1. The Morgan fingerprint density at radius 3 is 2.17 bits per heavy atom. The highest BCUT2D eigenvalue weighted by atomic mass is 16.7. The molecule has 0 spiro atoms. The molecular weight excluding hydrogens is 284 g/mol. The van der Waals surface area contributed by atoms with Gasteiger partial charge in [0.25, 0.3) is 0 Å². The molecule has 1 unspecified atom stereocenters. The van der Waals surface area contributed by atoms with E-state index in [0.717, 1.165) is 11.5 Å². The number of para-hydroxylation sites is 1. The third kappa shape index (κ3) is 3.65. The summed E-state index contributed by atoms with van der Waals surface area (Å²) >= 11 is 0. The predicted octanol–water partition coefficient (Wildman–Crippen LogP) is 5.77. The van der Waals surface area contributed by atoms with Crippen LogP contribution >= 0.6 is 0 Å². The van der Waals surface area contributed by atoms with Gasteiger partial charge in [-0.25, -0.2) is 0 Å². The Kier molecular flexibility index (Phi) is 4.52. The number of hydrogen-bond donors (Lipinski definition) is 0. The van der Waals surface area contributed by atoms with Crippen LogP contribution in [0.1, 0.15) is 32.3 Å². The first-order valence-electron chi connectivity index (χ1n) is 8.04. The number of fused-ring (bicyclic) bond motifs is 1. The lowest BCUT2D eigenvalue weighted by molar-refractivity contribution is 0.0215. The van der Waals surface area contributed by atoms with E-state index in [1.807, 2.05) is 49.4 Å². The summed E-state index contributed by atoms with van der Waals surface area (Å²) in [6.45, 7) is 6.25. The zero-order valence-electron chi connectivity index (χ0n) is 13.8. The topological polar surface area (TPSA) is 18.5 Å². The number of ether oxygens (including phenoxy) is 2. The largest absolute Gasteiger partial charge is 0.455 e. The van der Waals surface area contributed by atoms with Crippen molar-refractivity contribution in [3.05, 3.63) is 72.3 Å². The maximum atomic E-state index is 6.00. The van der Waals surface area contributed by atoms with Gasteiger partial charge in [-0.1, -0.05) is 62.4 Å². The van der Waals surface area contributed by atoms with Gasteiger partial charge in [-0.3, -0.25) is 0 Å². The Bertz CT molecular complexity index is 792. The van der Waals surface area contributed by atoms with E-state index in [1.54, 1.807) is 0 Å². The summed E-state index contributed by atoms with van der Waals surface area (Å²) in [7, 11) is 0. The molecule has 0 aliphatic heterocycles. The Hall–Kier alpha value is -2.48. The number of hydrogen-bond acceptors (Lipinski definition) is 2. The molecule has 0 saturated carbocycles. The summed E-state index contributed by atoms with van der Waals surface area (Å²) in [6.07, 6.45) is -0.351. The Labute approximate surface area is 137 Å². The minimum Gasteiger partial charge on any atom is -0.455 e. The van der Waals surface area contributed by atoms with Crippen LogP contribution in [0.5, 0.6) is 11.5 Å². The lowest BCUT2D eigenvalue weighted by Crippen LogP contribution is -2.20. The van der Waals surface area contributed by atoms with Crippen LogP contribution in [0, 0.1) is 0 Å². The molecular formula is C21H22O2. The molecule has 0 amide bonds. The monoisotopic (exact) mass is 306 g/mol. The van der Waals surface area contributed by atoms with E-state index < -0.39 is 0 Å². The minimum absolute atomic E-state index is 0.351. The quantitative estimate of drug-likeness (QED) is 0.557. The molecule has 0 aliphatic carbocycles. The lowest BCUT2D eigenvalue weighted by atomic mass is 10.0. The van der Waals surface area contributed by atoms with Gasteiger partial charge in [-0.2, -0.15) is 0 Å². The van der Waals surface area contributed by atoms with Crippen molar-refractivity contribution in [1.82, 2.24) is 0 Å². The van der Waals surface area contributed by atoms with Crippen LogP contribution in [0.3, 0.4) is 0 Å². The van der Waals surface area contributed by atoms with Gasteiger partial charge in [-0.15, -0.1) is 0 Å². The summed E-state index contributed by atoms with van der Waals surface area (Å²) in [5, 5.41) is 2.37. The molecule has 0 aliphatic rings. The molecule has 3 aromatic rings. The van der Waals surface area contributed by atoms with Crippen molar-refractivity contribution in [1.29, 1.82) is 0 Å². The van der Waals surface area contributed by atoms with E-state index in [4.69, 9.17) is 9.47 Å². The molecule has 118 valence electrons. The summed E-state index contributed by atoms with van der Waals surface area (Å²) in [5.41, 5.74) is 1.20. The van der Waals surface area contributed by atoms with Crippen molar-refractivity contribution in [2.45, 2.75) is 33.0 Å². The highest BCUT2D eigenvalue weighted by molar-refractivity contribution is 5.83. The highest BCUT2D eigenvalue weighted by Gasteiger charge is 2.11. The van der Waals surface area contributed by atoms with Crippen molar-refractivity contribution in [3.8, 4) is 11.5 Å². The van der Waals surface area contributed by atoms with Crippen LogP contribution in [0.4, 0.5) is 0 Å². The Morgan fingerprint density at radius 1 is 0.696 bits per heavy atom. The standard InChI is InChI=1S/C21H22O2/c1-15(2)20-10-6-7-11-21(20)23-16(3)22-19-13-12-17-8-4-5-9-18(17)14-19/h4-16H,1-3H3. The highest BCUT2D eigenvalue weighted by Crippen LogP contribution is 2.28. The van der Waals surface area contributed by atoms with E-state index >= 15 is 0 Å². The fourth-order valence-electron chi connectivity index (χ4n) is 2.70. The molecule has 0 N–H and O–H groups in total. The fourth-order valence-corrected chi connectivity index (χ4v) is 2.70. The van der Waals surface area contributed by atoms with Gasteiger partial charge in [0.1, 0.15) is 11.5 Å². The van der Waals surface area contributed by atoms with Crippen molar-refractivity contribution in [3.63, 3.8) is 0 Å². The average molecular weight is 306 g/mol. The van der Waals surface area contributed by atoms with Gasteiger partial charge < -0.3 is 9.47 Å².